The predicted octanol–water partition coefficient (Wildman–Crippen LogP) is 4.40. The van der Waals surface area contributed by atoms with Crippen molar-refractivity contribution in [2.24, 2.45) is 0 Å². The lowest BCUT2D eigenvalue weighted by atomic mass is 9.88. The van der Waals surface area contributed by atoms with Crippen LogP contribution in [0.15, 0.2) is 36.4 Å². The molecule has 1 aromatic heterocycles. The maximum absolute atomic E-state index is 13.4. The summed E-state index contributed by atoms with van der Waals surface area (Å²) >= 11 is 0. The lowest BCUT2D eigenvalue weighted by molar-refractivity contribution is -0.138. The first kappa shape index (κ1) is 22.0. The van der Waals surface area contributed by atoms with Gasteiger partial charge in [-0.25, -0.2) is 4.98 Å². The number of carbonyl (C=O) groups is 1. The Morgan fingerprint density at radius 3 is 2.53 bits per heavy atom. The van der Waals surface area contributed by atoms with Gasteiger partial charge in [-0.05, 0) is 62.9 Å². The number of amidine groups is 2. The minimum atomic E-state index is -4.54. The van der Waals surface area contributed by atoms with E-state index in [2.05, 4.69) is 4.98 Å². The second-order valence-corrected chi connectivity index (χ2v) is 8.30. The lowest BCUT2D eigenvalue weighted by Crippen LogP contribution is -2.66. The molecule has 2 aromatic rings. The Balaban J connectivity index is 1.65. The van der Waals surface area contributed by atoms with Gasteiger partial charge in [0.25, 0.3) is 5.91 Å². The fraction of sp³-hybridized carbons (Fsp3) is 0.391. The monoisotopic (exact) mass is 443 g/mol. The maximum Gasteiger partial charge on any atom is 0.416 e. The summed E-state index contributed by atoms with van der Waals surface area (Å²) < 4.78 is 40.1. The summed E-state index contributed by atoms with van der Waals surface area (Å²) in [5, 5.41) is 17.3. The second kappa shape index (κ2) is 8.03. The molecule has 32 heavy (non-hydrogen) atoms. The first-order chi connectivity index (χ1) is 15.1. The molecule has 0 radical (unpaired) electrons. The van der Waals surface area contributed by atoms with Crippen LogP contribution >= 0.6 is 0 Å². The number of halogens is 3. The first-order valence-electron chi connectivity index (χ1n) is 10.5. The van der Waals surface area contributed by atoms with Gasteiger partial charge in [0.2, 0.25) is 0 Å². The summed E-state index contributed by atoms with van der Waals surface area (Å²) in [7, 11) is 0. The highest BCUT2D eigenvalue weighted by Gasteiger charge is 2.45. The normalized spacial score (nSPS) is 21.0. The van der Waals surface area contributed by atoms with E-state index in [0.29, 0.717) is 18.5 Å². The van der Waals surface area contributed by atoms with Gasteiger partial charge in [0, 0.05) is 17.8 Å². The number of nitrogens with one attached hydrogen (secondary N) is 2. The number of piperidine rings is 1. The molecule has 2 fully saturated rings. The van der Waals surface area contributed by atoms with Crippen LogP contribution in [0.3, 0.4) is 0 Å². The largest absolute Gasteiger partial charge is 0.416 e. The van der Waals surface area contributed by atoms with E-state index in [9.17, 15) is 18.0 Å². The van der Waals surface area contributed by atoms with Gasteiger partial charge in [-0.3, -0.25) is 15.6 Å². The molecule has 4 rings (SSSR count). The van der Waals surface area contributed by atoms with Gasteiger partial charge in [0.15, 0.2) is 5.84 Å². The number of pyridine rings is 1. The molecule has 2 aliphatic heterocycles. The average Bonchev–Trinajstić information content (AvgIpc) is 2.74. The second-order valence-electron chi connectivity index (χ2n) is 8.30. The molecule has 0 aliphatic carbocycles. The van der Waals surface area contributed by atoms with Crippen LogP contribution in [0.1, 0.15) is 52.1 Å². The molecule has 2 bridgehead atoms. The summed E-state index contributed by atoms with van der Waals surface area (Å²) in [5.41, 5.74) is 0.283. The average molecular weight is 443 g/mol. The van der Waals surface area contributed by atoms with Gasteiger partial charge >= 0.3 is 6.18 Å². The molecule has 0 saturated carbocycles. The number of aromatic nitrogens is 1. The van der Waals surface area contributed by atoms with Crippen LogP contribution in [0.2, 0.25) is 0 Å². The summed E-state index contributed by atoms with van der Waals surface area (Å²) in [6.45, 7) is 3.38. The number of benzene rings is 1. The van der Waals surface area contributed by atoms with Gasteiger partial charge < -0.3 is 9.80 Å². The van der Waals surface area contributed by atoms with Gasteiger partial charge in [0.05, 0.1) is 17.6 Å². The molecule has 1 aromatic carbocycles. The Morgan fingerprint density at radius 2 is 1.84 bits per heavy atom. The number of fused-ring (bicyclic) bond motifs is 2. The standard InChI is InChI=1S/C23H24F3N5O/c1-13-6-3-10-18(29-13)20(27)30-12-15-7-4-11-19(21(30)28)31(15)22(32)16-8-5-9-17(14(16)2)23(24,25)26/h3,5-6,8-10,15,19,27-28H,4,7,11-12H2,1-2H3/t15-,19?/m1/s1. The molecule has 168 valence electrons. The van der Waals surface area contributed by atoms with E-state index < -0.39 is 23.7 Å². The molecule has 1 unspecified atom stereocenters. The van der Waals surface area contributed by atoms with E-state index >= 15 is 0 Å². The minimum Gasteiger partial charge on any atom is -0.324 e. The summed E-state index contributed by atoms with van der Waals surface area (Å²) in [5.74, 6) is -0.293. The molecule has 3 heterocycles. The highest BCUT2D eigenvalue weighted by Crippen LogP contribution is 2.36. The summed E-state index contributed by atoms with van der Waals surface area (Å²) in [6.07, 6.45) is -2.53. The number of carbonyl (C=O) groups excluding carboxylic acids is 1. The lowest BCUT2D eigenvalue weighted by Gasteiger charge is -2.50. The number of hydrogen-bond acceptors (Lipinski definition) is 4. The summed E-state index contributed by atoms with van der Waals surface area (Å²) in [4.78, 5) is 20.9. The highest BCUT2D eigenvalue weighted by atomic mass is 19.4. The minimum absolute atomic E-state index is 0.00778. The van der Waals surface area contributed by atoms with Crippen LogP contribution in [0.5, 0.6) is 0 Å². The van der Waals surface area contributed by atoms with Gasteiger partial charge in [-0.2, -0.15) is 13.2 Å². The van der Waals surface area contributed by atoms with E-state index in [1.807, 2.05) is 13.0 Å². The number of aryl methyl sites for hydroxylation is 1. The van der Waals surface area contributed by atoms with E-state index in [0.717, 1.165) is 18.2 Å². The molecule has 2 aliphatic rings. The van der Waals surface area contributed by atoms with Crippen LogP contribution in [0.25, 0.3) is 0 Å². The molecule has 9 heteroatoms. The zero-order valence-electron chi connectivity index (χ0n) is 17.8. The number of piperazine rings is 1. The number of rotatable bonds is 2. The van der Waals surface area contributed by atoms with Crippen molar-refractivity contribution in [3.63, 3.8) is 0 Å². The quantitative estimate of drug-likeness (QED) is 0.533. The number of likely N-dealkylation sites (tertiary alicyclic amines) is 1. The number of alkyl halides is 3. The zero-order chi connectivity index (χ0) is 23.2. The first-order valence-corrected chi connectivity index (χ1v) is 10.5. The highest BCUT2D eigenvalue weighted by molar-refractivity contribution is 6.10. The van der Waals surface area contributed by atoms with Crippen molar-refractivity contribution in [1.29, 1.82) is 10.8 Å². The number of nitrogens with zero attached hydrogens (tertiary/aromatic N) is 3. The van der Waals surface area contributed by atoms with Crippen LogP contribution in [-0.4, -0.2) is 51.0 Å². The zero-order valence-corrected chi connectivity index (χ0v) is 17.8. The molecule has 1 amide bonds. The van der Waals surface area contributed by atoms with Gasteiger partial charge in [0.1, 0.15) is 11.5 Å². The van der Waals surface area contributed by atoms with E-state index in [1.165, 1.54) is 19.1 Å². The Bertz CT molecular complexity index is 1100. The van der Waals surface area contributed by atoms with E-state index in [-0.39, 0.29) is 35.4 Å². The van der Waals surface area contributed by atoms with Gasteiger partial charge in [-0.1, -0.05) is 12.1 Å². The Morgan fingerprint density at radius 1 is 1.12 bits per heavy atom. The molecule has 6 nitrogen and oxygen atoms in total. The molecule has 2 saturated heterocycles. The molecule has 2 atom stereocenters. The van der Waals surface area contributed by atoms with Crippen LogP contribution in [0.4, 0.5) is 13.2 Å². The third-order valence-corrected chi connectivity index (χ3v) is 6.25. The maximum atomic E-state index is 13.4. The Labute approximate surface area is 184 Å². The van der Waals surface area contributed by atoms with Crippen LogP contribution in [-0.2, 0) is 6.18 Å². The van der Waals surface area contributed by atoms with Crippen molar-refractivity contribution in [2.75, 3.05) is 6.54 Å². The molecule has 2 N–H and O–H groups in total. The predicted molar refractivity (Wildman–Crippen MR) is 114 cm³/mol. The Hall–Kier alpha value is -3.23. The van der Waals surface area contributed by atoms with E-state index in [4.69, 9.17) is 10.8 Å². The van der Waals surface area contributed by atoms with Crippen molar-refractivity contribution in [1.82, 2.24) is 14.8 Å². The Kier molecular flexibility index (Phi) is 5.52. The topological polar surface area (TPSA) is 84.1 Å². The summed E-state index contributed by atoms with van der Waals surface area (Å²) in [6, 6.07) is 8.09. The molecular formula is C23H24F3N5O. The third kappa shape index (κ3) is 3.76. The van der Waals surface area contributed by atoms with Crippen LogP contribution < -0.4 is 0 Å². The van der Waals surface area contributed by atoms with E-state index in [1.54, 1.807) is 21.9 Å². The molecule has 0 spiro atoms. The third-order valence-electron chi connectivity index (χ3n) is 6.25. The van der Waals surface area contributed by atoms with Crippen molar-refractivity contribution in [3.8, 4) is 0 Å². The fourth-order valence-electron chi connectivity index (χ4n) is 4.66. The fourth-order valence-corrected chi connectivity index (χ4v) is 4.66. The van der Waals surface area contributed by atoms with Crippen molar-refractivity contribution in [2.45, 2.75) is 51.4 Å². The van der Waals surface area contributed by atoms with Gasteiger partial charge in [-0.15, -0.1) is 0 Å². The number of amides is 1. The van der Waals surface area contributed by atoms with Crippen molar-refractivity contribution in [3.05, 3.63) is 64.5 Å². The SMILES string of the molecule is Cc1cccc(C(=N)N2C[C@H]3CCCC(C2=N)N3C(=O)c2cccc(C(F)(F)F)c2C)n1. The van der Waals surface area contributed by atoms with Crippen molar-refractivity contribution >= 4 is 17.6 Å². The number of hydrogen-bond donors (Lipinski definition) is 2. The smallest absolute Gasteiger partial charge is 0.324 e. The van der Waals surface area contributed by atoms with Crippen LogP contribution in [0, 0.1) is 24.7 Å². The molecular weight excluding hydrogens is 419 g/mol. The van der Waals surface area contributed by atoms with Crippen molar-refractivity contribution < 1.29 is 18.0 Å².